The summed E-state index contributed by atoms with van der Waals surface area (Å²) in [4.78, 5) is 32.7. The van der Waals surface area contributed by atoms with Crippen molar-refractivity contribution in [2.75, 3.05) is 6.61 Å². The smallest absolute Gasteiger partial charge is 0.338 e. The van der Waals surface area contributed by atoms with E-state index in [9.17, 15) is 9.59 Å². The van der Waals surface area contributed by atoms with Gasteiger partial charge in [0.15, 0.2) is 4.80 Å². The van der Waals surface area contributed by atoms with Gasteiger partial charge in [0.2, 0.25) is 0 Å². The normalized spacial score (nSPS) is 16.2. The Morgan fingerprint density at radius 2 is 2.00 bits per heavy atom. The minimum Gasteiger partial charge on any atom is -0.463 e. The number of nitrogens with zero attached hydrogens (tertiary/aromatic N) is 3. The lowest BCUT2D eigenvalue weighted by Gasteiger charge is -2.23. The van der Waals surface area contributed by atoms with Gasteiger partial charge in [0, 0.05) is 34.1 Å². The number of thiazole rings is 1. The standard InChI is InChI=1S/C25H23N3O3S2/c1-5-31-24(30)21-14(2)26-25-28(22(21)19-11-8-12-32-19)23(29)20(33-25)13-17-15(3)27(4)18-10-7-6-9-16(17)18/h6-13,22H,5H2,1-4H3/b20-13-/t22-/m1/s1. The third-order valence-electron chi connectivity index (χ3n) is 6.05. The molecule has 1 atom stereocenters. The van der Waals surface area contributed by atoms with Gasteiger partial charge in [0.25, 0.3) is 5.56 Å². The fourth-order valence-electron chi connectivity index (χ4n) is 4.37. The summed E-state index contributed by atoms with van der Waals surface area (Å²) in [5.74, 6) is -0.434. The molecular weight excluding hydrogens is 454 g/mol. The van der Waals surface area contributed by atoms with E-state index in [2.05, 4.69) is 28.6 Å². The SMILES string of the molecule is CCOC(=O)C1=C(C)N=c2s/c(=C\c3c(C)n(C)c4ccccc34)c(=O)n2[C@@H]1c1cccs1. The molecule has 0 fully saturated rings. The van der Waals surface area contributed by atoms with Crippen LogP contribution < -0.4 is 14.9 Å². The molecule has 168 valence electrons. The number of aryl methyl sites for hydroxylation is 1. The first-order chi connectivity index (χ1) is 15.9. The lowest BCUT2D eigenvalue weighted by atomic mass is 10.0. The molecule has 0 amide bonds. The number of rotatable bonds is 4. The highest BCUT2D eigenvalue weighted by molar-refractivity contribution is 7.10. The number of carbonyl (C=O) groups is 1. The summed E-state index contributed by atoms with van der Waals surface area (Å²) in [7, 11) is 2.03. The Bertz CT molecular complexity index is 1600. The van der Waals surface area contributed by atoms with Crippen LogP contribution >= 0.6 is 22.7 Å². The van der Waals surface area contributed by atoms with Gasteiger partial charge in [-0.25, -0.2) is 9.79 Å². The average molecular weight is 478 g/mol. The van der Waals surface area contributed by atoms with Crippen molar-refractivity contribution in [3.05, 3.63) is 88.9 Å². The summed E-state index contributed by atoms with van der Waals surface area (Å²) in [5, 5.41) is 3.05. The molecule has 0 saturated heterocycles. The van der Waals surface area contributed by atoms with E-state index in [1.165, 1.54) is 22.7 Å². The van der Waals surface area contributed by atoms with E-state index < -0.39 is 12.0 Å². The molecule has 8 heteroatoms. The first kappa shape index (κ1) is 21.6. The number of allylic oxidation sites excluding steroid dienone is 1. The van der Waals surface area contributed by atoms with Gasteiger partial charge in [-0.1, -0.05) is 35.6 Å². The van der Waals surface area contributed by atoms with E-state index in [1.54, 1.807) is 18.4 Å². The number of para-hydroxylation sites is 1. The minimum absolute atomic E-state index is 0.154. The zero-order valence-corrected chi connectivity index (χ0v) is 20.4. The second kappa shape index (κ2) is 8.28. The molecule has 4 aromatic rings. The van der Waals surface area contributed by atoms with Gasteiger partial charge in [-0.05, 0) is 44.4 Å². The summed E-state index contributed by atoms with van der Waals surface area (Å²) in [6, 6.07) is 11.5. The fraction of sp³-hybridized carbons (Fsp3) is 0.240. The first-order valence-electron chi connectivity index (χ1n) is 10.7. The summed E-state index contributed by atoms with van der Waals surface area (Å²) >= 11 is 2.86. The second-order valence-electron chi connectivity index (χ2n) is 7.89. The second-order valence-corrected chi connectivity index (χ2v) is 9.88. The Balaban J connectivity index is 1.77. The van der Waals surface area contributed by atoms with Crippen molar-refractivity contribution in [3.8, 4) is 0 Å². The Morgan fingerprint density at radius 3 is 2.73 bits per heavy atom. The van der Waals surface area contributed by atoms with Gasteiger partial charge >= 0.3 is 5.97 Å². The van der Waals surface area contributed by atoms with Crippen molar-refractivity contribution >= 4 is 45.6 Å². The summed E-state index contributed by atoms with van der Waals surface area (Å²) in [6.45, 7) is 5.90. The fourth-order valence-corrected chi connectivity index (χ4v) is 6.22. The number of fused-ring (bicyclic) bond motifs is 2. The van der Waals surface area contributed by atoms with Crippen LogP contribution in [0.4, 0.5) is 0 Å². The van der Waals surface area contributed by atoms with Crippen LogP contribution in [-0.4, -0.2) is 21.7 Å². The number of thiophene rings is 1. The molecule has 0 N–H and O–H groups in total. The van der Waals surface area contributed by atoms with Gasteiger partial charge in [-0.15, -0.1) is 11.3 Å². The molecule has 1 aliphatic heterocycles. The molecule has 3 aromatic heterocycles. The van der Waals surface area contributed by atoms with Crippen LogP contribution in [0, 0.1) is 6.92 Å². The van der Waals surface area contributed by atoms with Crippen molar-refractivity contribution in [1.82, 2.24) is 9.13 Å². The molecule has 0 unspecified atom stereocenters. The Morgan fingerprint density at radius 1 is 1.21 bits per heavy atom. The van der Waals surface area contributed by atoms with Gasteiger partial charge < -0.3 is 9.30 Å². The molecule has 0 radical (unpaired) electrons. The number of benzene rings is 1. The van der Waals surface area contributed by atoms with Crippen molar-refractivity contribution in [3.63, 3.8) is 0 Å². The number of hydrogen-bond acceptors (Lipinski definition) is 6. The quantitative estimate of drug-likeness (QED) is 0.422. The Hall–Kier alpha value is -3.23. The number of esters is 1. The van der Waals surface area contributed by atoms with Gasteiger partial charge in [-0.3, -0.25) is 9.36 Å². The van der Waals surface area contributed by atoms with E-state index in [-0.39, 0.29) is 12.2 Å². The highest BCUT2D eigenvalue weighted by atomic mass is 32.1. The molecule has 6 nitrogen and oxygen atoms in total. The molecule has 0 bridgehead atoms. The molecule has 5 rings (SSSR count). The van der Waals surface area contributed by atoms with Crippen molar-refractivity contribution in [2.45, 2.75) is 26.8 Å². The molecule has 4 heterocycles. The van der Waals surface area contributed by atoms with E-state index in [1.807, 2.05) is 42.8 Å². The maximum absolute atomic E-state index is 13.7. The van der Waals surface area contributed by atoms with Crippen LogP contribution in [0.25, 0.3) is 17.0 Å². The molecule has 1 aliphatic rings. The monoisotopic (exact) mass is 477 g/mol. The predicted molar refractivity (Wildman–Crippen MR) is 132 cm³/mol. The van der Waals surface area contributed by atoms with E-state index >= 15 is 0 Å². The number of carbonyl (C=O) groups excluding carboxylic acids is 1. The Labute approximate surface area is 198 Å². The highest BCUT2D eigenvalue weighted by Gasteiger charge is 2.33. The van der Waals surface area contributed by atoms with Crippen LogP contribution in [0.3, 0.4) is 0 Å². The van der Waals surface area contributed by atoms with Gasteiger partial charge in [0.05, 0.1) is 22.4 Å². The summed E-state index contributed by atoms with van der Waals surface area (Å²) in [6.07, 6.45) is 1.95. The van der Waals surface area contributed by atoms with Crippen molar-refractivity contribution in [1.29, 1.82) is 0 Å². The lowest BCUT2D eigenvalue weighted by Crippen LogP contribution is -2.39. The maximum atomic E-state index is 13.7. The number of hydrogen-bond donors (Lipinski definition) is 0. The van der Waals surface area contributed by atoms with Gasteiger partial charge in [0.1, 0.15) is 6.04 Å². The molecule has 0 aliphatic carbocycles. The zero-order chi connectivity index (χ0) is 23.3. The highest BCUT2D eigenvalue weighted by Crippen LogP contribution is 2.33. The number of ether oxygens (including phenoxy) is 1. The topological polar surface area (TPSA) is 65.6 Å². The van der Waals surface area contributed by atoms with E-state index in [0.717, 1.165) is 27.0 Å². The predicted octanol–water partition coefficient (Wildman–Crippen LogP) is 3.66. The molecular formula is C25H23N3O3S2. The zero-order valence-electron chi connectivity index (χ0n) is 18.8. The third kappa shape index (κ3) is 3.41. The molecule has 33 heavy (non-hydrogen) atoms. The lowest BCUT2D eigenvalue weighted by molar-refractivity contribution is -0.139. The van der Waals surface area contributed by atoms with Crippen LogP contribution in [0.1, 0.15) is 36.0 Å². The largest absolute Gasteiger partial charge is 0.463 e. The summed E-state index contributed by atoms with van der Waals surface area (Å²) in [5.41, 5.74) is 4.07. The van der Waals surface area contributed by atoms with E-state index in [4.69, 9.17) is 4.74 Å². The minimum atomic E-state index is -0.545. The summed E-state index contributed by atoms with van der Waals surface area (Å²) < 4.78 is 9.70. The van der Waals surface area contributed by atoms with Gasteiger partial charge in [-0.2, -0.15) is 0 Å². The Kier molecular flexibility index (Phi) is 5.42. The third-order valence-corrected chi connectivity index (χ3v) is 7.96. The average Bonchev–Trinajstić information content (AvgIpc) is 3.49. The van der Waals surface area contributed by atoms with Crippen molar-refractivity contribution < 1.29 is 9.53 Å². The van der Waals surface area contributed by atoms with Crippen LogP contribution in [0.15, 0.2) is 62.8 Å². The molecule has 0 saturated carbocycles. The van der Waals surface area contributed by atoms with Crippen molar-refractivity contribution in [2.24, 2.45) is 12.0 Å². The molecule has 0 spiro atoms. The van der Waals surface area contributed by atoms with Crippen LogP contribution in [0.2, 0.25) is 0 Å². The first-order valence-corrected chi connectivity index (χ1v) is 12.4. The van der Waals surface area contributed by atoms with E-state index in [0.29, 0.717) is 20.6 Å². The van der Waals surface area contributed by atoms with Crippen LogP contribution in [0.5, 0.6) is 0 Å². The van der Waals surface area contributed by atoms with Crippen LogP contribution in [-0.2, 0) is 16.6 Å². The maximum Gasteiger partial charge on any atom is 0.338 e. The molecule has 1 aromatic carbocycles. The number of aromatic nitrogens is 2.